The maximum atomic E-state index is 2.36. The summed E-state index contributed by atoms with van der Waals surface area (Å²) in [6.45, 7) is 12.7. The van der Waals surface area contributed by atoms with E-state index in [1.165, 1.54) is 25.7 Å². The molecular formula is C11H26. The highest BCUT2D eigenvalue weighted by Gasteiger charge is 2.21. The maximum absolute atomic E-state index is 2.36. The van der Waals surface area contributed by atoms with E-state index < -0.39 is 0 Å². The van der Waals surface area contributed by atoms with Crippen LogP contribution in [0, 0.1) is 5.41 Å². The van der Waals surface area contributed by atoms with Gasteiger partial charge >= 0.3 is 0 Å². The quantitative estimate of drug-likeness (QED) is 0.482. The Bertz CT molecular complexity index is 54.4. The van der Waals surface area contributed by atoms with Gasteiger partial charge in [0.15, 0.2) is 0 Å². The van der Waals surface area contributed by atoms with Crippen LogP contribution in [0.2, 0.25) is 0 Å². The summed E-state index contributed by atoms with van der Waals surface area (Å²) in [5, 5.41) is 0. The first-order chi connectivity index (χ1) is 5.21. The summed E-state index contributed by atoms with van der Waals surface area (Å²) in [5.41, 5.74) is 0.694. The molecule has 0 heterocycles. The van der Waals surface area contributed by atoms with Crippen LogP contribution >= 0.6 is 0 Å². The summed E-state index contributed by atoms with van der Waals surface area (Å²) in [4.78, 5) is 0. The van der Waals surface area contributed by atoms with Crippen LogP contribution < -0.4 is 0 Å². The van der Waals surface area contributed by atoms with E-state index in [2.05, 4.69) is 13.8 Å². The summed E-state index contributed by atoms with van der Waals surface area (Å²) >= 11 is 0. The molecule has 1 saturated carbocycles. The largest absolute Gasteiger partial charge is 0.0683 e. The van der Waals surface area contributed by atoms with Crippen molar-refractivity contribution in [2.75, 3.05) is 0 Å². The van der Waals surface area contributed by atoms with Crippen LogP contribution in [0.15, 0.2) is 0 Å². The molecule has 0 aromatic carbocycles. The molecule has 0 atom stereocenters. The molecule has 11 heavy (non-hydrogen) atoms. The highest BCUT2D eigenvalue weighted by Crippen LogP contribution is 2.36. The zero-order valence-electron chi connectivity index (χ0n) is 9.33. The van der Waals surface area contributed by atoms with Crippen LogP contribution in [0.1, 0.15) is 67.2 Å². The molecule has 0 aliphatic heterocycles. The molecule has 0 amide bonds. The second-order valence-corrected chi connectivity index (χ2v) is 3.37. The predicted octanol–water partition coefficient (Wildman–Crippen LogP) is 4.64. The molecule has 0 unspecified atom stereocenters. The van der Waals surface area contributed by atoms with Crippen molar-refractivity contribution in [3.63, 3.8) is 0 Å². The Morgan fingerprint density at radius 3 is 1.09 bits per heavy atom. The van der Waals surface area contributed by atoms with Crippen LogP contribution in [0.5, 0.6) is 0 Å². The van der Waals surface area contributed by atoms with E-state index in [4.69, 9.17) is 0 Å². The third-order valence-corrected chi connectivity index (χ3v) is 1.96. The molecule has 0 aromatic rings. The van der Waals surface area contributed by atoms with E-state index in [1.807, 2.05) is 27.7 Å². The molecular weight excluding hydrogens is 132 g/mol. The van der Waals surface area contributed by atoms with Gasteiger partial charge in [-0.1, -0.05) is 54.4 Å². The molecule has 1 rings (SSSR count). The van der Waals surface area contributed by atoms with E-state index >= 15 is 0 Å². The van der Waals surface area contributed by atoms with E-state index in [9.17, 15) is 0 Å². The fourth-order valence-electron chi connectivity index (χ4n) is 1.33. The maximum Gasteiger partial charge on any atom is -0.0354 e. The monoisotopic (exact) mass is 158 g/mol. The lowest BCUT2D eigenvalue weighted by atomic mass is 9.92. The van der Waals surface area contributed by atoms with Crippen LogP contribution in [-0.4, -0.2) is 0 Å². The topological polar surface area (TPSA) is 0 Å². The van der Waals surface area contributed by atoms with Crippen molar-refractivity contribution in [2.45, 2.75) is 67.2 Å². The van der Waals surface area contributed by atoms with E-state index in [0.29, 0.717) is 5.41 Å². The SMILES string of the molecule is CC.CC.CC1(C)CCCC1. The summed E-state index contributed by atoms with van der Waals surface area (Å²) in [6, 6.07) is 0. The first-order valence-corrected chi connectivity index (χ1v) is 5.21. The van der Waals surface area contributed by atoms with Gasteiger partial charge in [0.2, 0.25) is 0 Å². The summed E-state index contributed by atoms with van der Waals surface area (Å²) in [6.07, 6.45) is 5.83. The second kappa shape index (κ2) is 8.10. The first-order valence-electron chi connectivity index (χ1n) is 5.21. The normalized spacial score (nSPS) is 19.1. The van der Waals surface area contributed by atoms with Crippen molar-refractivity contribution in [2.24, 2.45) is 5.41 Å². The summed E-state index contributed by atoms with van der Waals surface area (Å²) in [5.74, 6) is 0. The van der Waals surface area contributed by atoms with Gasteiger partial charge in [-0.15, -0.1) is 0 Å². The van der Waals surface area contributed by atoms with E-state index in [1.54, 1.807) is 0 Å². The zero-order chi connectivity index (χ0) is 9.33. The minimum absolute atomic E-state index is 0.694. The van der Waals surface area contributed by atoms with Crippen molar-refractivity contribution >= 4 is 0 Å². The van der Waals surface area contributed by atoms with Gasteiger partial charge in [-0.2, -0.15) is 0 Å². The molecule has 0 spiro atoms. The Morgan fingerprint density at radius 1 is 0.727 bits per heavy atom. The predicted molar refractivity (Wildman–Crippen MR) is 54.9 cm³/mol. The molecule has 0 bridgehead atoms. The van der Waals surface area contributed by atoms with Gasteiger partial charge < -0.3 is 0 Å². The average molecular weight is 158 g/mol. The van der Waals surface area contributed by atoms with Gasteiger partial charge in [-0.3, -0.25) is 0 Å². The third-order valence-electron chi connectivity index (χ3n) is 1.96. The molecule has 0 nitrogen and oxygen atoms in total. The zero-order valence-corrected chi connectivity index (χ0v) is 9.33. The van der Waals surface area contributed by atoms with E-state index in [-0.39, 0.29) is 0 Å². The number of rotatable bonds is 0. The van der Waals surface area contributed by atoms with Crippen LogP contribution in [0.25, 0.3) is 0 Å². The Morgan fingerprint density at radius 2 is 1.00 bits per heavy atom. The summed E-state index contributed by atoms with van der Waals surface area (Å²) < 4.78 is 0. The minimum Gasteiger partial charge on any atom is -0.0683 e. The Labute approximate surface area is 73.4 Å². The van der Waals surface area contributed by atoms with Gasteiger partial charge in [-0.05, 0) is 18.3 Å². The first kappa shape index (κ1) is 13.6. The van der Waals surface area contributed by atoms with Crippen LogP contribution in [0.4, 0.5) is 0 Å². The molecule has 70 valence electrons. The molecule has 0 saturated heterocycles. The smallest absolute Gasteiger partial charge is 0.0354 e. The number of hydrogen-bond donors (Lipinski definition) is 0. The van der Waals surface area contributed by atoms with Gasteiger partial charge in [-0.25, -0.2) is 0 Å². The Balaban J connectivity index is 0. The highest BCUT2D eigenvalue weighted by molar-refractivity contribution is 4.74. The molecule has 1 aliphatic carbocycles. The molecule has 1 fully saturated rings. The molecule has 0 aromatic heterocycles. The lowest BCUT2D eigenvalue weighted by Crippen LogP contribution is -2.01. The molecule has 1 aliphatic rings. The second-order valence-electron chi connectivity index (χ2n) is 3.37. The number of hydrogen-bond acceptors (Lipinski definition) is 0. The molecule has 0 heteroatoms. The lowest BCUT2D eigenvalue weighted by molar-refractivity contribution is 0.382. The van der Waals surface area contributed by atoms with Crippen molar-refractivity contribution in [3.05, 3.63) is 0 Å². The Kier molecular flexibility index (Phi) is 10.0. The summed E-state index contributed by atoms with van der Waals surface area (Å²) in [7, 11) is 0. The van der Waals surface area contributed by atoms with E-state index in [0.717, 1.165) is 0 Å². The van der Waals surface area contributed by atoms with Crippen LogP contribution in [0.3, 0.4) is 0 Å². The van der Waals surface area contributed by atoms with Gasteiger partial charge in [0.05, 0.1) is 0 Å². The fourth-order valence-corrected chi connectivity index (χ4v) is 1.33. The van der Waals surface area contributed by atoms with Gasteiger partial charge in [0.25, 0.3) is 0 Å². The lowest BCUT2D eigenvalue weighted by Gasteiger charge is -2.13. The average Bonchev–Trinajstić information content (AvgIpc) is 2.43. The van der Waals surface area contributed by atoms with Crippen molar-refractivity contribution in [1.29, 1.82) is 0 Å². The highest BCUT2D eigenvalue weighted by atomic mass is 14.3. The minimum atomic E-state index is 0.694. The Hall–Kier alpha value is 0. The third kappa shape index (κ3) is 7.90. The standard InChI is InChI=1S/C7H14.2C2H6/c1-7(2)5-3-4-6-7;2*1-2/h3-6H2,1-2H3;2*1-2H3. The fraction of sp³-hybridized carbons (Fsp3) is 1.00. The van der Waals surface area contributed by atoms with Gasteiger partial charge in [0.1, 0.15) is 0 Å². The van der Waals surface area contributed by atoms with Crippen LogP contribution in [-0.2, 0) is 0 Å². The van der Waals surface area contributed by atoms with Crippen molar-refractivity contribution in [1.82, 2.24) is 0 Å². The van der Waals surface area contributed by atoms with Crippen molar-refractivity contribution in [3.8, 4) is 0 Å². The molecule has 0 radical (unpaired) electrons. The molecule has 0 N–H and O–H groups in total. The van der Waals surface area contributed by atoms with Gasteiger partial charge in [0, 0.05) is 0 Å². The van der Waals surface area contributed by atoms with Crippen molar-refractivity contribution < 1.29 is 0 Å².